The van der Waals surface area contributed by atoms with Gasteiger partial charge in [-0.15, -0.1) is 0 Å². The number of furan rings is 1. The second kappa shape index (κ2) is 8.22. The summed E-state index contributed by atoms with van der Waals surface area (Å²) in [6, 6.07) is 7.04. The summed E-state index contributed by atoms with van der Waals surface area (Å²) in [6.45, 7) is 3.87. The van der Waals surface area contributed by atoms with Crippen LogP contribution in [0.5, 0.6) is 0 Å². The maximum Gasteiger partial charge on any atom is 0.289 e. The number of aromatic nitrogens is 3. The number of nitrogens with zero attached hydrogens (tertiary/aromatic N) is 5. The van der Waals surface area contributed by atoms with Gasteiger partial charge in [-0.05, 0) is 37.6 Å². The molecule has 3 aromatic heterocycles. The molecule has 0 aromatic carbocycles. The van der Waals surface area contributed by atoms with Crippen molar-refractivity contribution in [2.45, 2.75) is 13.3 Å². The summed E-state index contributed by atoms with van der Waals surface area (Å²) < 4.78 is 5.20. The summed E-state index contributed by atoms with van der Waals surface area (Å²) >= 11 is 0. The Morgan fingerprint density at radius 2 is 1.79 bits per heavy atom. The third-order valence-corrected chi connectivity index (χ3v) is 4.93. The van der Waals surface area contributed by atoms with Crippen LogP contribution in [0.3, 0.4) is 0 Å². The highest BCUT2D eigenvalue weighted by Crippen LogP contribution is 2.17. The van der Waals surface area contributed by atoms with Crippen molar-refractivity contribution in [2.75, 3.05) is 26.2 Å². The number of pyridine rings is 1. The van der Waals surface area contributed by atoms with Gasteiger partial charge in [0, 0.05) is 50.3 Å². The number of aryl methyl sites for hydroxylation is 1. The van der Waals surface area contributed by atoms with Gasteiger partial charge in [-0.25, -0.2) is 9.97 Å². The smallest absolute Gasteiger partial charge is 0.289 e. The Balaban J connectivity index is 1.46. The van der Waals surface area contributed by atoms with Crippen LogP contribution in [-0.2, 0) is 0 Å². The molecule has 3 aromatic rings. The molecular formula is C21H21N5O3. The maximum absolute atomic E-state index is 13.0. The lowest BCUT2D eigenvalue weighted by Crippen LogP contribution is -2.37. The second-order valence-electron chi connectivity index (χ2n) is 6.85. The maximum atomic E-state index is 13.0. The van der Waals surface area contributed by atoms with Crippen molar-refractivity contribution in [3.05, 3.63) is 66.1 Å². The van der Waals surface area contributed by atoms with E-state index >= 15 is 0 Å². The van der Waals surface area contributed by atoms with Gasteiger partial charge in [-0.2, -0.15) is 0 Å². The first-order valence-electron chi connectivity index (χ1n) is 9.49. The third-order valence-electron chi connectivity index (χ3n) is 4.93. The highest BCUT2D eigenvalue weighted by molar-refractivity contribution is 5.95. The first kappa shape index (κ1) is 18.8. The molecule has 0 radical (unpaired) electrons. The quantitative estimate of drug-likeness (QED) is 0.681. The number of hydrogen-bond donors (Lipinski definition) is 0. The van der Waals surface area contributed by atoms with E-state index in [9.17, 15) is 9.59 Å². The molecule has 1 saturated heterocycles. The van der Waals surface area contributed by atoms with Gasteiger partial charge in [0.2, 0.25) is 0 Å². The van der Waals surface area contributed by atoms with Crippen molar-refractivity contribution in [1.82, 2.24) is 24.8 Å². The molecule has 0 unspecified atom stereocenters. The summed E-state index contributed by atoms with van der Waals surface area (Å²) in [6.07, 6.45) is 7.14. The Morgan fingerprint density at radius 1 is 1.00 bits per heavy atom. The molecule has 0 aliphatic carbocycles. The SMILES string of the molecule is Cc1nc(-c2cccnc2)ncc1C(=O)N1CCCN(C(=O)c2ccco2)CC1. The molecule has 0 atom stereocenters. The first-order chi connectivity index (χ1) is 14.1. The number of carbonyl (C=O) groups excluding carboxylic acids is 2. The zero-order valence-corrected chi connectivity index (χ0v) is 16.1. The molecule has 0 N–H and O–H groups in total. The van der Waals surface area contributed by atoms with Gasteiger partial charge in [0.1, 0.15) is 0 Å². The van der Waals surface area contributed by atoms with Crippen LogP contribution in [0.1, 0.15) is 33.0 Å². The Hall–Kier alpha value is -3.55. The van der Waals surface area contributed by atoms with Crippen LogP contribution in [0.2, 0.25) is 0 Å². The molecule has 2 amide bonds. The van der Waals surface area contributed by atoms with E-state index < -0.39 is 0 Å². The van der Waals surface area contributed by atoms with Crippen molar-refractivity contribution in [1.29, 1.82) is 0 Å². The molecule has 0 bridgehead atoms. The summed E-state index contributed by atoms with van der Waals surface area (Å²) in [5.41, 5.74) is 1.90. The Bertz CT molecular complexity index is 1000. The molecule has 1 aliphatic heterocycles. The van der Waals surface area contributed by atoms with Gasteiger partial charge in [-0.1, -0.05) is 0 Å². The topological polar surface area (TPSA) is 92.4 Å². The van der Waals surface area contributed by atoms with Crippen LogP contribution < -0.4 is 0 Å². The van der Waals surface area contributed by atoms with E-state index in [0.29, 0.717) is 55.4 Å². The van der Waals surface area contributed by atoms with Gasteiger partial charge in [0.15, 0.2) is 11.6 Å². The fourth-order valence-corrected chi connectivity index (χ4v) is 3.36. The minimum absolute atomic E-state index is 0.118. The van der Waals surface area contributed by atoms with Crippen LogP contribution in [0.4, 0.5) is 0 Å². The van der Waals surface area contributed by atoms with E-state index in [1.165, 1.54) is 6.26 Å². The van der Waals surface area contributed by atoms with Gasteiger partial charge >= 0.3 is 0 Å². The molecule has 0 spiro atoms. The lowest BCUT2D eigenvalue weighted by Gasteiger charge is -2.22. The molecule has 148 valence electrons. The molecule has 0 saturated carbocycles. The van der Waals surface area contributed by atoms with Gasteiger partial charge in [0.05, 0.1) is 17.5 Å². The zero-order valence-electron chi connectivity index (χ0n) is 16.1. The fourth-order valence-electron chi connectivity index (χ4n) is 3.36. The number of amides is 2. The minimum Gasteiger partial charge on any atom is -0.459 e. The van der Waals surface area contributed by atoms with E-state index in [1.807, 2.05) is 12.1 Å². The molecule has 29 heavy (non-hydrogen) atoms. The van der Waals surface area contributed by atoms with Crippen LogP contribution in [0.25, 0.3) is 11.4 Å². The highest BCUT2D eigenvalue weighted by Gasteiger charge is 2.26. The van der Waals surface area contributed by atoms with Gasteiger partial charge in [-0.3, -0.25) is 14.6 Å². The van der Waals surface area contributed by atoms with E-state index in [4.69, 9.17) is 4.42 Å². The molecule has 4 heterocycles. The standard InChI is InChI=1S/C21H21N5O3/c1-15-17(14-23-19(24-15)16-5-2-7-22-13-16)20(27)25-8-4-9-26(11-10-25)21(28)18-6-3-12-29-18/h2-3,5-7,12-14H,4,8-11H2,1H3. The normalized spacial score (nSPS) is 14.5. The summed E-state index contributed by atoms with van der Waals surface area (Å²) in [5.74, 6) is 0.593. The second-order valence-corrected chi connectivity index (χ2v) is 6.85. The Kier molecular flexibility index (Phi) is 5.33. The van der Waals surface area contributed by atoms with Gasteiger partial charge < -0.3 is 14.2 Å². The summed E-state index contributed by atoms with van der Waals surface area (Å²) in [7, 11) is 0. The van der Waals surface area contributed by atoms with E-state index in [1.54, 1.807) is 47.4 Å². The number of carbonyl (C=O) groups is 2. The van der Waals surface area contributed by atoms with Crippen molar-refractivity contribution in [3.8, 4) is 11.4 Å². The van der Waals surface area contributed by atoms with Crippen LogP contribution in [0, 0.1) is 6.92 Å². The third kappa shape index (κ3) is 4.01. The Labute approximate surface area is 168 Å². The molecule has 8 nitrogen and oxygen atoms in total. The predicted molar refractivity (Wildman–Crippen MR) is 105 cm³/mol. The largest absolute Gasteiger partial charge is 0.459 e. The van der Waals surface area contributed by atoms with Crippen LogP contribution >= 0.6 is 0 Å². The van der Waals surface area contributed by atoms with Gasteiger partial charge in [0.25, 0.3) is 11.8 Å². The first-order valence-corrected chi connectivity index (χ1v) is 9.49. The zero-order chi connectivity index (χ0) is 20.2. The summed E-state index contributed by atoms with van der Waals surface area (Å²) in [5, 5.41) is 0. The van der Waals surface area contributed by atoms with Crippen molar-refractivity contribution < 1.29 is 14.0 Å². The number of hydrogen-bond acceptors (Lipinski definition) is 6. The lowest BCUT2D eigenvalue weighted by molar-refractivity contribution is 0.0699. The molecule has 4 rings (SSSR count). The van der Waals surface area contributed by atoms with E-state index in [2.05, 4.69) is 15.0 Å². The van der Waals surface area contributed by atoms with Crippen LogP contribution in [-0.4, -0.2) is 62.7 Å². The average Bonchev–Trinajstić information content (AvgIpc) is 3.18. The summed E-state index contributed by atoms with van der Waals surface area (Å²) in [4.78, 5) is 41.9. The predicted octanol–water partition coefficient (Wildman–Crippen LogP) is 2.43. The van der Waals surface area contributed by atoms with Crippen molar-refractivity contribution in [2.24, 2.45) is 0 Å². The molecule has 1 aliphatic rings. The molecule has 8 heteroatoms. The average molecular weight is 391 g/mol. The van der Waals surface area contributed by atoms with Crippen molar-refractivity contribution in [3.63, 3.8) is 0 Å². The molecular weight excluding hydrogens is 370 g/mol. The monoisotopic (exact) mass is 391 g/mol. The molecule has 1 fully saturated rings. The lowest BCUT2D eigenvalue weighted by atomic mass is 10.2. The fraction of sp³-hybridized carbons (Fsp3) is 0.286. The van der Waals surface area contributed by atoms with E-state index in [0.717, 1.165) is 5.56 Å². The van der Waals surface area contributed by atoms with Crippen LogP contribution in [0.15, 0.2) is 53.5 Å². The number of rotatable bonds is 3. The minimum atomic E-state index is -0.148. The Morgan fingerprint density at radius 3 is 2.45 bits per heavy atom. The highest BCUT2D eigenvalue weighted by atomic mass is 16.3. The van der Waals surface area contributed by atoms with E-state index in [-0.39, 0.29) is 11.8 Å². The van der Waals surface area contributed by atoms with Crippen molar-refractivity contribution >= 4 is 11.8 Å².